The number of hydrogen-bond acceptors (Lipinski definition) is 4. The molecule has 0 aliphatic rings. The molecule has 2 N–H and O–H groups in total. The lowest BCUT2D eigenvalue weighted by Crippen LogP contribution is -2.42. The summed E-state index contributed by atoms with van der Waals surface area (Å²) in [6, 6.07) is 10.4. The van der Waals surface area contributed by atoms with Crippen LogP contribution in [0.1, 0.15) is 37.6 Å². The van der Waals surface area contributed by atoms with Crippen LogP contribution >= 0.6 is 11.6 Å². The van der Waals surface area contributed by atoms with Crippen LogP contribution in [0.3, 0.4) is 0 Å². The number of anilines is 1. The number of halogens is 1. The zero-order valence-corrected chi connectivity index (χ0v) is 17.2. The number of hydrogen-bond donors (Lipinski definition) is 2. The van der Waals surface area contributed by atoms with Gasteiger partial charge in [-0.05, 0) is 62.7 Å². The molecule has 0 aliphatic carbocycles. The number of sulfonamides is 1. The maximum absolute atomic E-state index is 12.6. The van der Waals surface area contributed by atoms with E-state index in [0.29, 0.717) is 5.75 Å². The highest BCUT2D eigenvalue weighted by Gasteiger charge is 2.22. The van der Waals surface area contributed by atoms with Crippen molar-refractivity contribution in [2.75, 3.05) is 11.8 Å². The lowest BCUT2D eigenvalue weighted by Gasteiger charge is -2.24. The smallest absolute Gasteiger partial charge is 0.261 e. The molecule has 0 bridgehead atoms. The van der Waals surface area contributed by atoms with E-state index in [2.05, 4.69) is 10.0 Å². The molecular weight excluding hydrogens is 388 g/mol. The van der Waals surface area contributed by atoms with Gasteiger partial charge in [-0.3, -0.25) is 9.52 Å². The molecule has 0 heterocycles. The zero-order chi connectivity index (χ0) is 20.2. The summed E-state index contributed by atoms with van der Waals surface area (Å²) in [4.78, 5) is 12.6. The summed E-state index contributed by atoms with van der Waals surface area (Å²) in [6.07, 6.45) is 0.736. The predicted octanol–water partition coefficient (Wildman–Crippen LogP) is 4.07. The van der Waals surface area contributed by atoms with Crippen molar-refractivity contribution in [1.82, 2.24) is 5.32 Å². The first kappa shape index (κ1) is 21.1. The summed E-state index contributed by atoms with van der Waals surface area (Å²) in [7, 11) is -2.31. The normalized spacial score (nSPS) is 11.7. The maximum Gasteiger partial charge on any atom is 0.261 e. The number of ether oxygens (including phenoxy) is 1. The van der Waals surface area contributed by atoms with E-state index in [0.717, 1.165) is 6.42 Å². The van der Waals surface area contributed by atoms with Crippen molar-refractivity contribution in [1.29, 1.82) is 0 Å². The summed E-state index contributed by atoms with van der Waals surface area (Å²) in [5.41, 5.74) is 0.0433. The van der Waals surface area contributed by atoms with Crippen LogP contribution < -0.4 is 14.8 Å². The van der Waals surface area contributed by atoms with Crippen molar-refractivity contribution in [3.8, 4) is 5.75 Å². The first-order valence-electron chi connectivity index (χ1n) is 8.37. The molecule has 0 atom stereocenters. The molecule has 2 rings (SSSR count). The fourth-order valence-corrected chi connectivity index (χ4v) is 3.45. The van der Waals surface area contributed by atoms with E-state index in [-0.39, 0.29) is 27.1 Å². The van der Waals surface area contributed by atoms with Gasteiger partial charge in [0.2, 0.25) is 0 Å². The Hall–Kier alpha value is -2.25. The summed E-state index contributed by atoms with van der Waals surface area (Å²) in [5, 5.41) is 3.13. The van der Waals surface area contributed by atoms with Crippen LogP contribution in [0, 0.1) is 0 Å². The van der Waals surface area contributed by atoms with Crippen molar-refractivity contribution in [2.45, 2.75) is 37.6 Å². The molecule has 0 spiro atoms. The van der Waals surface area contributed by atoms with E-state index in [1.807, 2.05) is 20.8 Å². The minimum absolute atomic E-state index is 0.0800. The van der Waals surface area contributed by atoms with Crippen LogP contribution in [0.15, 0.2) is 47.4 Å². The number of carbonyl (C=O) groups excluding carboxylic acids is 1. The second kappa shape index (κ2) is 8.19. The minimum Gasteiger partial charge on any atom is -0.497 e. The van der Waals surface area contributed by atoms with Gasteiger partial charge in [-0.25, -0.2) is 8.42 Å². The van der Waals surface area contributed by atoms with E-state index in [9.17, 15) is 13.2 Å². The highest BCUT2D eigenvalue weighted by atomic mass is 35.5. The molecule has 1 amide bonds. The molecule has 146 valence electrons. The van der Waals surface area contributed by atoms with Crippen molar-refractivity contribution >= 4 is 33.2 Å². The summed E-state index contributed by atoms with van der Waals surface area (Å²) >= 11 is 6.13. The zero-order valence-electron chi connectivity index (χ0n) is 15.7. The van der Waals surface area contributed by atoms with E-state index in [1.54, 1.807) is 12.1 Å². The number of amides is 1. The van der Waals surface area contributed by atoms with E-state index in [4.69, 9.17) is 16.3 Å². The number of carbonyl (C=O) groups is 1. The second-order valence-electron chi connectivity index (χ2n) is 6.67. The Bertz CT molecular complexity index is 925. The summed E-state index contributed by atoms with van der Waals surface area (Å²) < 4.78 is 32.6. The first-order chi connectivity index (χ1) is 12.6. The Kier molecular flexibility index (Phi) is 6.38. The molecule has 0 aliphatic heterocycles. The third kappa shape index (κ3) is 5.37. The standard InChI is InChI=1S/C19H23ClN2O4S/c1-5-19(2,3)21-18(23)16-12-13(6-11-17(16)20)22-27(24,25)15-9-7-14(26-4)8-10-15/h6-12,22H,5H2,1-4H3,(H,21,23). The largest absolute Gasteiger partial charge is 0.497 e. The van der Waals surface area contributed by atoms with E-state index in [1.165, 1.54) is 37.4 Å². The van der Waals surface area contributed by atoms with Crippen molar-refractivity contribution in [3.63, 3.8) is 0 Å². The monoisotopic (exact) mass is 410 g/mol. The predicted molar refractivity (Wildman–Crippen MR) is 107 cm³/mol. The van der Waals surface area contributed by atoms with Crippen LogP contribution in [0.25, 0.3) is 0 Å². The fraction of sp³-hybridized carbons (Fsp3) is 0.316. The molecule has 2 aromatic carbocycles. The van der Waals surface area contributed by atoms with Gasteiger partial charge < -0.3 is 10.1 Å². The highest BCUT2D eigenvalue weighted by molar-refractivity contribution is 7.92. The molecule has 8 heteroatoms. The van der Waals surface area contributed by atoms with Gasteiger partial charge in [0, 0.05) is 11.2 Å². The molecule has 0 fully saturated rings. The third-order valence-corrected chi connectivity index (χ3v) is 5.90. The van der Waals surface area contributed by atoms with Crippen LogP contribution in [0.2, 0.25) is 5.02 Å². The number of nitrogens with one attached hydrogen (secondary N) is 2. The molecule has 6 nitrogen and oxygen atoms in total. The number of rotatable bonds is 7. The van der Waals surface area contributed by atoms with Crippen LogP contribution in [0.4, 0.5) is 5.69 Å². The molecule has 2 aromatic rings. The molecule has 27 heavy (non-hydrogen) atoms. The van der Waals surface area contributed by atoms with Gasteiger partial charge in [0.15, 0.2) is 0 Å². The van der Waals surface area contributed by atoms with Crippen molar-refractivity contribution in [2.24, 2.45) is 0 Å². The van der Waals surface area contributed by atoms with Crippen LogP contribution in [-0.4, -0.2) is 27.0 Å². The SMILES string of the molecule is CCC(C)(C)NC(=O)c1cc(NS(=O)(=O)c2ccc(OC)cc2)ccc1Cl. The first-order valence-corrected chi connectivity index (χ1v) is 10.2. The average molecular weight is 411 g/mol. The lowest BCUT2D eigenvalue weighted by molar-refractivity contribution is 0.0911. The summed E-state index contributed by atoms with van der Waals surface area (Å²) in [6.45, 7) is 5.76. The van der Waals surface area contributed by atoms with Crippen molar-refractivity contribution < 1.29 is 17.9 Å². The molecule has 0 radical (unpaired) electrons. The Labute approximate surface area is 164 Å². The molecule has 0 aromatic heterocycles. The van der Waals surface area contributed by atoms with Gasteiger partial charge in [0.05, 0.1) is 22.6 Å². The Morgan fingerprint density at radius 3 is 2.33 bits per heavy atom. The average Bonchev–Trinajstić information content (AvgIpc) is 2.62. The van der Waals surface area contributed by atoms with Crippen LogP contribution in [0.5, 0.6) is 5.75 Å². The quantitative estimate of drug-likeness (QED) is 0.720. The Morgan fingerprint density at radius 2 is 1.78 bits per heavy atom. The van der Waals surface area contributed by atoms with Gasteiger partial charge in [-0.2, -0.15) is 0 Å². The van der Waals surface area contributed by atoms with Gasteiger partial charge >= 0.3 is 0 Å². The molecule has 0 unspecified atom stereocenters. The lowest BCUT2D eigenvalue weighted by atomic mass is 10.0. The highest BCUT2D eigenvalue weighted by Crippen LogP contribution is 2.24. The third-order valence-electron chi connectivity index (χ3n) is 4.17. The fourth-order valence-electron chi connectivity index (χ4n) is 2.19. The minimum atomic E-state index is -3.81. The topological polar surface area (TPSA) is 84.5 Å². The molecule has 0 saturated carbocycles. The van der Waals surface area contributed by atoms with Gasteiger partial charge in [0.1, 0.15) is 5.75 Å². The maximum atomic E-state index is 12.6. The second-order valence-corrected chi connectivity index (χ2v) is 8.76. The van der Waals surface area contributed by atoms with Gasteiger partial charge in [-0.1, -0.05) is 18.5 Å². The Balaban J connectivity index is 2.27. The number of benzene rings is 2. The van der Waals surface area contributed by atoms with Crippen molar-refractivity contribution in [3.05, 3.63) is 53.1 Å². The van der Waals surface area contributed by atoms with E-state index < -0.39 is 15.6 Å². The van der Waals surface area contributed by atoms with Gasteiger partial charge in [-0.15, -0.1) is 0 Å². The molecular formula is C19H23ClN2O4S. The molecule has 0 saturated heterocycles. The van der Waals surface area contributed by atoms with Gasteiger partial charge in [0.25, 0.3) is 15.9 Å². The van der Waals surface area contributed by atoms with E-state index >= 15 is 0 Å². The van der Waals surface area contributed by atoms with Crippen LogP contribution in [-0.2, 0) is 10.0 Å². The number of methoxy groups -OCH3 is 1. The summed E-state index contributed by atoms with van der Waals surface area (Å²) in [5.74, 6) is 0.190. The Morgan fingerprint density at radius 1 is 1.15 bits per heavy atom.